The number of aromatic nitrogens is 3. The van der Waals surface area contributed by atoms with Gasteiger partial charge in [0, 0.05) is 11.4 Å². The maximum Gasteiger partial charge on any atom is 0.234 e. The number of rotatable bonds is 8. The molecule has 3 aromatic carbocycles. The zero-order chi connectivity index (χ0) is 23.2. The lowest BCUT2D eigenvalue weighted by atomic mass is 10.0. The van der Waals surface area contributed by atoms with Crippen molar-refractivity contribution in [3.8, 4) is 17.1 Å². The molecule has 4 aromatic rings. The summed E-state index contributed by atoms with van der Waals surface area (Å²) in [6, 6.07) is 22.1. The van der Waals surface area contributed by atoms with E-state index in [1.807, 2.05) is 48.5 Å². The van der Waals surface area contributed by atoms with Crippen LogP contribution in [0.4, 0.5) is 10.1 Å². The number of nitrogens with one attached hydrogen (secondary N) is 1. The summed E-state index contributed by atoms with van der Waals surface area (Å²) in [6.07, 6.45) is 1.68. The molecule has 7 heteroatoms. The molecule has 1 N–H and O–H groups in total. The van der Waals surface area contributed by atoms with E-state index >= 15 is 0 Å². The molecule has 0 aliphatic rings. The topological polar surface area (TPSA) is 59.8 Å². The Hall–Kier alpha value is -3.45. The Kier molecular flexibility index (Phi) is 7.19. The average Bonchev–Trinajstić information content (AvgIpc) is 3.27. The van der Waals surface area contributed by atoms with Gasteiger partial charge in [-0.2, -0.15) is 0 Å². The molecule has 0 radical (unpaired) electrons. The fourth-order valence-corrected chi connectivity index (χ4v) is 4.45. The van der Waals surface area contributed by atoms with Gasteiger partial charge in [-0.3, -0.25) is 9.36 Å². The summed E-state index contributed by atoms with van der Waals surface area (Å²) in [6.45, 7) is 4.15. The lowest BCUT2D eigenvalue weighted by Gasteiger charge is -2.14. The van der Waals surface area contributed by atoms with E-state index in [-0.39, 0.29) is 17.5 Å². The maximum absolute atomic E-state index is 14.5. The third-order valence-electron chi connectivity index (χ3n) is 5.36. The molecule has 168 valence electrons. The second kappa shape index (κ2) is 10.4. The van der Waals surface area contributed by atoms with Gasteiger partial charge in [0.15, 0.2) is 11.0 Å². The zero-order valence-electron chi connectivity index (χ0n) is 18.6. The van der Waals surface area contributed by atoms with Crippen molar-refractivity contribution in [1.82, 2.24) is 14.8 Å². The lowest BCUT2D eigenvalue weighted by molar-refractivity contribution is -0.113. The highest BCUT2D eigenvalue weighted by Gasteiger charge is 2.20. The molecule has 1 aromatic heterocycles. The molecule has 0 unspecified atom stereocenters. The van der Waals surface area contributed by atoms with Crippen molar-refractivity contribution in [2.75, 3.05) is 11.1 Å². The molecular weight excluding hydrogens is 435 g/mol. The van der Waals surface area contributed by atoms with Gasteiger partial charge in [0.05, 0.1) is 11.3 Å². The number of para-hydroxylation sites is 2. The highest BCUT2D eigenvalue weighted by Crippen LogP contribution is 2.30. The first-order chi connectivity index (χ1) is 16.1. The van der Waals surface area contributed by atoms with Gasteiger partial charge < -0.3 is 5.32 Å². The van der Waals surface area contributed by atoms with Crippen LogP contribution in [0.25, 0.3) is 17.1 Å². The largest absolute Gasteiger partial charge is 0.325 e. The molecule has 1 amide bonds. The second-order valence-electron chi connectivity index (χ2n) is 7.45. The second-order valence-corrected chi connectivity index (χ2v) is 8.39. The van der Waals surface area contributed by atoms with Crippen molar-refractivity contribution in [2.45, 2.75) is 31.8 Å². The predicted octanol–water partition coefficient (Wildman–Crippen LogP) is 5.93. The number of hydrogen-bond donors (Lipinski definition) is 1. The van der Waals surface area contributed by atoms with Crippen molar-refractivity contribution < 1.29 is 9.18 Å². The molecule has 0 saturated heterocycles. The van der Waals surface area contributed by atoms with Crippen LogP contribution in [0, 0.1) is 5.82 Å². The number of amides is 1. The zero-order valence-corrected chi connectivity index (χ0v) is 19.4. The van der Waals surface area contributed by atoms with Gasteiger partial charge in [-0.05, 0) is 48.2 Å². The summed E-state index contributed by atoms with van der Waals surface area (Å²) in [5.74, 6) is 0.0563. The van der Waals surface area contributed by atoms with Crippen LogP contribution in [0.15, 0.2) is 78.0 Å². The normalized spacial score (nSPS) is 10.9. The number of hydrogen-bond acceptors (Lipinski definition) is 4. The van der Waals surface area contributed by atoms with Gasteiger partial charge >= 0.3 is 0 Å². The standard InChI is InChI=1S/C26H25FN4OS/c1-3-18-11-10-12-19(4-2)24(18)28-23(32)17-33-26-30-29-25(21-15-8-9-16-22(21)27)31(26)20-13-6-5-7-14-20/h5-16H,3-4,17H2,1-2H3,(H,28,32). The van der Waals surface area contributed by atoms with E-state index in [0.29, 0.717) is 16.5 Å². The summed E-state index contributed by atoms with van der Waals surface area (Å²) in [7, 11) is 0. The first-order valence-corrected chi connectivity index (χ1v) is 11.9. The summed E-state index contributed by atoms with van der Waals surface area (Å²) >= 11 is 1.27. The third-order valence-corrected chi connectivity index (χ3v) is 6.29. The van der Waals surface area contributed by atoms with E-state index in [0.717, 1.165) is 35.3 Å². The fourth-order valence-electron chi connectivity index (χ4n) is 3.70. The minimum atomic E-state index is -0.375. The molecular formula is C26H25FN4OS. The first-order valence-electron chi connectivity index (χ1n) is 10.9. The van der Waals surface area contributed by atoms with E-state index in [4.69, 9.17) is 0 Å². The monoisotopic (exact) mass is 460 g/mol. The van der Waals surface area contributed by atoms with Gasteiger partial charge in [0.25, 0.3) is 0 Å². The summed E-state index contributed by atoms with van der Waals surface area (Å²) in [5.41, 5.74) is 4.27. The highest BCUT2D eigenvalue weighted by atomic mass is 32.2. The number of nitrogens with zero attached hydrogens (tertiary/aromatic N) is 3. The number of thioether (sulfide) groups is 1. The van der Waals surface area contributed by atoms with Crippen LogP contribution in [-0.2, 0) is 17.6 Å². The van der Waals surface area contributed by atoms with Crippen LogP contribution >= 0.6 is 11.8 Å². The molecule has 0 aliphatic heterocycles. The van der Waals surface area contributed by atoms with Crippen molar-refractivity contribution in [3.05, 3.63) is 89.7 Å². The summed E-state index contributed by atoms with van der Waals surface area (Å²) < 4.78 is 16.3. The van der Waals surface area contributed by atoms with Crippen molar-refractivity contribution >= 4 is 23.4 Å². The summed E-state index contributed by atoms with van der Waals surface area (Å²) in [4.78, 5) is 12.9. The Bertz CT molecular complexity index is 1230. The number of benzene rings is 3. The number of aryl methyl sites for hydroxylation is 2. The van der Waals surface area contributed by atoms with E-state index in [1.165, 1.54) is 17.8 Å². The van der Waals surface area contributed by atoms with E-state index in [9.17, 15) is 9.18 Å². The first kappa shape index (κ1) is 22.7. The smallest absolute Gasteiger partial charge is 0.234 e. The van der Waals surface area contributed by atoms with E-state index in [2.05, 4.69) is 29.4 Å². The van der Waals surface area contributed by atoms with Gasteiger partial charge in [-0.1, -0.05) is 74.1 Å². The molecule has 0 aliphatic carbocycles. The molecule has 33 heavy (non-hydrogen) atoms. The minimum Gasteiger partial charge on any atom is -0.325 e. The maximum atomic E-state index is 14.5. The van der Waals surface area contributed by atoms with Gasteiger partial charge in [-0.15, -0.1) is 10.2 Å². The quantitative estimate of drug-likeness (QED) is 0.331. The Balaban J connectivity index is 1.61. The number of carbonyl (C=O) groups is 1. The van der Waals surface area contributed by atoms with Crippen LogP contribution in [0.2, 0.25) is 0 Å². The highest BCUT2D eigenvalue weighted by molar-refractivity contribution is 7.99. The SMILES string of the molecule is CCc1cccc(CC)c1NC(=O)CSc1nnc(-c2ccccc2F)n1-c1ccccc1. The van der Waals surface area contributed by atoms with Crippen molar-refractivity contribution in [2.24, 2.45) is 0 Å². The molecule has 0 spiro atoms. The van der Waals surface area contributed by atoms with Crippen LogP contribution in [0.5, 0.6) is 0 Å². The molecule has 0 fully saturated rings. The molecule has 0 bridgehead atoms. The van der Waals surface area contributed by atoms with Gasteiger partial charge in [-0.25, -0.2) is 4.39 Å². The predicted molar refractivity (Wildman–Crippen MR) is 131 cm³/mol. The Morgan fingerprint density at radius 3 is 2.24 bits per heavy atom. The Morgan fingerprint density at radius 1 is 0.909 bits per heavy atom. The molecule has 4 rings (SSSR count). The van der Waals surface area contributed by atoms with Crippen LogP contribution in [0.3, 0.4) is 0 Å². The van der Waals surface area contributed by atoms with E-state index in [1.54, 1.807) is 22.8 Å². The van der Waals surface area contributed by atoms with Gasteiger partial charge in [0.1, 0.15) is 5.82 Å². The van der Waals surface area contributed by atoms with Crippen LogP contribution in [0.1, 0.15) is 25.0 Å². The number of anilines is 1. The molecule has 0 saturated carbocycles. The third kappa shape index (κ3) is 4.98. The molecule has 5 nitrogen and oxygen atoms in total. The molecule has 1 heterocycles. The van der Waals surface area contributed by atoms with Crippen molar-refractivity contribution in [1.29, 1.82) is 0 Å². The number of halogens is 1. The van der Waals surface area contributed by atoms with Crippen LogP contribution in [-0.4, -0.2) is 26.4 Å². The van der Waals surface area contributed by atoms with Crippen LogP contribution < -0.4 is 5.32 Å². The van der Waals surface area contributed by atoms with E-state index < -0.39 is 0 Å². The minimum absolute atomic E-state index is 0.120. The fraction of sp³-hybridized carbons (Fsp3) is 0.192. The Morgan fingerprint density at radius 2 is 1.58 bits per heavy atom. The summed E-state index contributed by atoms with van der Waals surface area (Å²) in [5, 5.41) is 12.1. The number of carbonyl (C=O) groups excluding carboxylic acids is 1. The lowest BCUT2D eigenvalue weighted by Crippen LogP contribution is -2.17. The Labute approximate surface area is 197 Å². The average molecular weight is 461 g/mol. The van der Waals surface area contributed by atoms with Gasteiger partial charge in [0.2, 0.25) is 5.91 Å². The van der Waals surface area contributed by atoms with Crippen molar-refractivity contribution in [3.63, 3.8) is 0 Å². The molecule has 0 atom stereocenters.